The van der Waals surface area contributed by atoms with Gasteiger partial charge in [0, 0.05) is 6.54 Å². The molecule has 0 N–H and O–H groups in total. The topological polar surface area (TPSA) is 3.24 Å². The molecule has 1 nitrogen and oxygen atoms in total. The lowest BCUT2D eigenvalue weighted by atomic mass is 10.1. The van der Waals surface area contributed by atoms with Gasteiger partial charge in [0.2, 0.25) is 0 Å². The summed E-state index contributed by atoms with van der Waals surface area (Å²) in [7, 11) is 1.96. The highest BCUT2D eigenvalue weighted by molar-refractivity contribution is 6.17. The van der Waals surface area contributed by atoms with Gasteiger partial charge in [-0.1, -0.05) is 12.1 Å². The van der Waals surface area contributed by atoms with Gasteiger partial charge in [0.05, 0.1) is 6.00 Å². The monoisotopic (exact) mass is 215 g/mol. The van der Waals surface area contributed by atoms with Crippen molar-refractivity contribution in [3.05, 3.63) is 35.1 Å². The Balaban J connectivity index is 2.55. The number of halogens is 2. The van der Waals surface area contributed by atoms with Crippen LogP contribution in [-0.2, 0) is 6.42 Å². The Kier molecular flexibility index (Phi) is 4.36. The van der Waals surface area contributed by atoms with Crippen LogP contribution >= 0.6 is 11.6 Å². The zero-order valence-electron chi connectivity index (χ0n) is 8.56. The lowest BCUT2D eigenvalue weighted by molar-refractivity contribution is 0.394. The van der Waals surface area contributed by atoms with Gasteiger partial charge in [0.15, 0.2) is 0 Å². The highest BCUT2D eigenvalue weighted by atomic mass is 35.5. The van der Waals surface area contributed by atoms with Gasteiger partial charge in [-0.05, 0) is 37.6 Å². The zero-order chi connectivity index (χ0) is 10.6. The van der Waals surface area contributed by atoms with Crippen LogP contribution in [0.2, 0.25) is 0 Å². The number of aryl methyl sites for hydroxylation is 1. The first-order valence-electron chi connectivity index (χ1n) is 4.63. The third-order valence-corrected chi connectivity index (χ3v) is 2.62. The maximum Gasteiger partial charge on any atom is 0.126 e. The molecule has 0 saturated carbocycles. The quantitative estimate of drug-likeness (QED) is 0.552. The first kappa shape index (κ1) is 11.5. The molecule has 14 heavy (non-hydrogen) atoms. The predicted octanol–water partition coefficient (Wildman–Crippen LogP) is 2.80. The average molecular weight is 216 g/mol. The normalized spacial score (nSPS) is 10.9. The molecule has 0 aromatic heterocycles. The number of rotatable bonds is 4. The molecule has 0 bridgehead atoms. The number of alkyl halides is 1. The first-order chi connectivity index (χ1) is 6.63. The first-order valence-corrected chi connectivity index (χ1v) is 5.16. The van der Waals surface area contributed by atoms with Gasteiger partial charge in [-0.3, -0.25) is 4.90 Å². The van der Waals surface area contributed by atoms with Crippen molar-refractivity contribution >= 4 is 11.6 Å². The predicted molar refractivity (Wildman–Crippen MR) is 58.2 cm³/mol. The molecule has 0 aliphatic carbocycles. The van der Waals surface area contributed by atoms with E-state index in [9.17, 15) is 4.39 Å². The summed E-state index contributed by atoms with van der Waals surface area (Å²) in [5.41, 5.74) is 1.86. The van der Waals surface area contributed by atoms with Gasteiger partial charge < -0.3 is 0 Å². The van der Waals surface area contributed by atoms with Crippen LogP contribution in [0.4, 0.5) is 4.39 Å². The Bertz CT molecular complexity index is 301. The van der Waals surface area contributed by atoms with Crippen molar-refractivity contribution in [3.63, 3.8) is 0 Å². The van der Waals surface area contributed by atoms with Crippen molar-refractivity contribution in [2.75, 3.05) is 19.6 Å². The maximum absolute atomic E-state index is 12.9. The Morgan fingerprint density at radius 3 is 2.71 bits per heavy atom. The zero-order valence-corrected chi connectivity index (χ0v) is 9.31. The van der Waals surface area contributed by atoms with E-state index in [1.54, 1.807) is 6.92 Å². The van der Waals surface area contributed by atoms with Crippen LogP contribution in [-0.4, -0.2) is 24.5 Å². The van der Waals surface area contributed by atoms with Crippen molar-refractivity contribution in [3.8, 4) is 0 Å². The highest BCUT2D eigenvalue weighted by Gasteiger charge is 2.00. The van der Waals surface area contributed by atoms with Gasteiger partial charge in [0.1, 0.15) is 5.82 Å². The number of likely N-dealkylation sites (N-methyl/N-ethyl adjacent to an activating group) is 1. The van der Waals surface area contributed by atoms with Crippen LogP contribution in [0.3, 0.4) is 0 Å². The summed E-state index contributed by atoms with van der Waals surface area (Å²) in [5, 5.41) is 0. The summed E-state index contributed by atoms with van der Waals surface area (Å²) >= 11 is 5.64. The van der Waals surface area contributed by atoms with Gasteiger partial charge in [0.25, 0.3) is 0 Å². The van der Waals surface area contributed by atoms with E-state index in [1.807, 2.05) is 24.1 Å². The molecule has 0 aliphatic rings. The highest BCUT2D eigenvalue weighted by Crippen LogP contribution is 2.10. The molecular formula is C11H15ClFN. The second-order valence-electron chi connectivity index (χ2n) is 3.53. The lowest BCUT2D eigenvalue weighted by Gasteiger charge is -2.12. The van der Waals surface area contributed by atoms with Crippen molar-refractivity contribution in [2.24, 2.45) is 0 Å². The summed E-state index contributed by atoms with van der Waals surface area (Å²) in [6.45, 7) is 2.68. The van der Waals surface area contributed by atoms with E-state index in [0.29, 0.717) is 11.6 Å². The number of hydrogen-bond acceptors (Lipinski definition) is 1. The molecule has 0 spiro atoms. The Morgan fingerprint density at radius 2 is 2.14 bits per heavy atom. The second-order valence-corrected chi connectivity index (χ2v) is 3.77. The minimum absolute atomic E-state index is 0.139. The van der Waals surface area contributed by atoms with E-state index in [-0.39, 0.29) is 5.82 Å². The molecule has 1 aromatic rings. The molecule has 0 saturated heterocycles. The molecular weight excluding hydrogens is 201 g/mol. The molecule has 0 radical (unpaired) electrons. The Labute approximate surface area is 89.5 Å². The van der Waals surface area contributed by atoms with E-state index < -0.39 is 0 Å². The molecule has 1 aromatic carbocycles. The maximum atomic E-state index is 12.9. The molecule has 78 valence electrons. The summed E-state index contributed by atoms with van der Waals surface area (Å²) in [4.78, 5) is 2.01. The van der Waals surface area contributed by atoms with Crippen molar-refractivity contribution in [2.45, 2.75) is 13.3 Å². The van der Waals surface area contributed by atoms with Gasteiger partial charge >= 0.3 is 0 Å². The summed E-state index contributed by atoms with van der Waals surface area (Å²) in [5.74, 6) is -0.139. The van der Waals surface area contributed by atoms with Crippen LogP contribution in [0.5, 0.6) is 0 Å². The van der Waals surface area contributed by atoms with E-state index in [4.69, 9.17) is 11.6 Å². The smallest absolute Gasteiger partial charge is 0.126 e. The summed E-state index contributed by atoms with van der Waals surface area (Å²) in [6.07, 6.45) is 0.907. The molecule has 0 atom stereocenters. The SMILES string of the molecule is Cc1cc(CCN(C)CCl)ccc1F. The lowest BCUT2D eigenvalue weighted by Crippen LogP contribution is -2.19. The van der Waals surface area contributed by atoms with Gasteiger partial charge in [-0.2, -0.15) is 0 Å². The van der Waals surface area contributed by atoms with Gasteiger partial charge in [-0.15, -0.1) is 11.6 Å². The fourth-order valence-corrected chi connectivity index (χ4v) is 1.36. The van der Waals surface area contributed by atoms with Crippen LogP contribution in [0, 0.1) is 12.7 Å². The average Bonchev–Trinajstić information content (AvgIpc) is 2.19. The van der Waals surface area contributed by atoms with E-state index in [2.05, 4.69) is 0 Å². The molecule has 0 amide bonds. The minimum Gasteiger partial charge on any atom is -0.293 e. The fraction of sp³-hybridized carbons (Fsp3) is 0.455. The molecule has 3 heteroatoms. The van der Waals surface area contributed by atoms with Crippen molar-refractivity contribution < 1.29 is 4.39 Å². The van der Waals surface area contributed by atoms with E-state index >= 15 is 0 Å². The van der Waals surface area contributed by atoms with Crippen LogP contribution < -0.4 is 0 Å². The van der Waals surface area contributed by atoms with Crippen LogP contribution in [0.1, 0.15) is 11.1 Å². The summed E-state index contributed by atoms with van der Waals surface area (Å²) in [6, 6.07) is 5.76. The molecule has 0 aliphatic heterocycles. The van der Waals surface area contributed by atoms with Crippen LogP contribution in [0.25, 0.3) is 0 Å². The standard InChI is InChI=1S/C11H15ClFN/c1-9-7-10(3-4-11(9)13)5-6-14(2)8-12/h3-4,7H,5-6,8H2,1-2H3. The minimum atomic E-state index is -0.139. The number of hydrogen-bond donors (Lipinski definition) is 0. The fourth-order valence-electron chi connectivity index (χ4n) is 1.24. The van der Waals surface area contributed by atoms with E-state index in [0.717, 1.165) is 18.5 Å². The van der Waals surface area contributed by atoms with Gasteiger partial charge in [-0.25, -0.2) is 4.39 Å². The van der Waals surface area contributed by atoms with E-state index in [1.165, 1.54) is 6.07 Å². The van der Waals surface area contributed by atoms with Crippen LogP contribution in [0.15, 0.2) is 18.2 Å². The molecule has 0 fully saturated rings. The number of nitrogens with zero attached hydrogens (tertiary/aromatic N) is 1. The third kappa shape index (κ3) is 3.28. The number of benzene rings is 1. The summed E-state index contributed by atoms with van der Waals surface area (Å²) < 4.78 is 12.9. The Hall–Kier alpha value is -0.600. The molecule has 0 heterocycles. The molecule has 1 rings (SSSR count). The second kappa shape index (κ2) is 5.32. The van der Waals surface area contributed by atoms with Crippen molar-refractivity contribution in [1.82, 2.24) is 4.90 Å². The third-order valence-electron chi connectivity index (χ3n) is 2.21. The largest absolute Gasteiger partial charge is 0.293 e. The Morgan fingerprint density at radius 1 is 1.43 bits per heavy atom. The van der Waals surface area contributed by atoms with Crippen molar-refractivity contribution in [1.29, 1.82) is 0 Å². The molecule has 0 unspecified atom stereocenters.